The first-order valence-corrected chi connectivity index (χ1v) is 9.63. The molecule has 0 atom stereocenters. The molecule has 0 saturated carbocycles. The maximum Gasteiger partial charge on any atom is 0.336 e. The van der Waals surface area contributed by atoms with Crippen LogP contribution in [0.2, 0.25) is 10.0 Å². The Bertz CT molecular complexity index is 1330. The number of H-pyrrole nitrogens is 1. The predicted octanol–water partition coefficient (Wildman–Crippen LogP) is 6.07. The van der Waals surface area contributed by atoms with Gasteiger partial charge in [0.1, 0.15) is 5.75 Å². The number of aromatic nitrogens is 2. The minimum atomic E-state index is -1.02. The number of carbonyl (C=O) groups is 1. The van der Waals surface area contributed by atoms with E-state index in [4.69, 9.17) is 27.9 Å². The van der Waals surface area contributed by atoms with Crippen LogP contribution in [0.3, 0.4) is 0 Å². The van der Waals surface area contributed by atoms with Crippen LogP contribution < -0.4 is 4.74 Å². The van der Waals surface area contributed by atoms with Gasteiger partial charge in [0.25, 0.3) is 6.01 Å². The first kappa shape index (κ1) is 19.8. The topological polar surface area (TPSA) is 75.2 Å². The van der Waals surface area contributed by atoms with Crippen LogP contribution in [0.25, 0.3) is 11.0 Å². The molecule has 0 spiro atoms. The van der Waals surface area contributed by atoms with E-state index in [0.717, 1.165) is 5.56 Å². The molecule has 4 aromatic rings. The Morgan fingerprint density at radius 2 is 1.83 bits per heavy atom. The van der Waals surface area contributed by atoms with Gasteiger partial charge in [-0.3, -0.25) is 0 Å². The van der Waals surface area contributed by atoms with E-state index in [1.54, 1.807) is 43.3 Å². The molecule has 7 heteroatoms. The number of nitrogens with zero attached hydrogens (tertiary/aromatic N) is 1. The van der Waals surface area contributed by atoms with E-state index in [9.17, 15) is 9.90 Å². The Morgan fingerprint density at radius 3 is 2.57 bits per heavy atom. The fourth-order valence-electron chi connectivity index (χ4n) is 2.83. The number of carboxylic acids is 1. The van der Waals surface area contributed by atoms with Crippen molar-refractivity contribution < 1.29 is 14.6 Å². The highest BCUT2D eigenvalue weighted by molar-refractivity contribution is 6.32. The van der Waals surface area contributed by atoms with Gasteiger partial charge in [0, 0.05) is 16.1 Å². The molecule has 0 amide bonds. The summed E-state index contributed by atoms with van der Waals surface area (Å²) < 4.78 is 5.71. The predicted molar refractivity (Wildman–Crippen MR) is 117 cm³/mol. The summed E-state index contributed by atoms with van der Waals surface area (Å²) >= 11 is 12.2. The SMILES string of the molecule is Cc1ccc(Oc2nc3cc(C#Cc4ccc(Cl)cc4)c(Cl)cc3[nH]2)cc1C(=O)O. The molecule has 30 heavy (non-hydrogen) atoms. The summed E-state index contributed by atoms with van der Waals surface area (Å²) in [5.74, 6) is 5.44. The number of ether oxygens (including phenoxy) is 1. The lowest BCUT2D eigenvalue weighted by Crippen LogP contribution is -2.00. The molecule has 3 aromatic carbocycles. The Morgan fingerprint density at radius 1 is 1.07 bits per heavy atom. The lowest BCUT2D eigenvalue weighted by atomic mass is 10.1. The molecule has 0 aliphatic carbocycles. The second kappa shape index (κ2) is 8.11. The zero-order valence-electron chi connectivity index (χ0n) is 15.7. The van der Waals surface area contributed by atoms with Gasteiger partial charge in [-0.1, -0.05) is 41.1 Å². The Hall–Kier alpha value is -3.46. The molecule has 0 unspecified atom stereocenters. The Balaban J connectivity index is 1.63. The second-order valence-electron chi connectivity index (χ2n) is 6.53. The Labute approximate surface area is 182 Å². The van der Waals surface area contributed by atoms with Crippen LogP contribution >= 0.6 is 23.2 Å². The highest BCUT2D eigenvalue weighted by Gasteiger charge is 2.12. The van der Waals surface area contributed by atoms with Crippen LogP contribution in [0, 0.1) is 18.8 Å². The number of nitrogens with one attached hydrogen (secondary N) is 1. The molecule has 0 aliphatic rings. The number of benzene rings is 3. The highest BCUT2D eigenvalue weighted by atomic mass is 35.5. The van der Waals surface area contributed by atoms with Crippen LogP contribution in [0.5, 0.6) is 11.8 Å². The van der Waals surface area contributed by atoms with Crippen LogP contribution in [0.4, 0.5) is 0 Å². The summed E-state index contributed by atoms with van der Waals surface area (Å²) in [6.07, 6.45) is 0. The highest BCUT2D eigenvalue weighted by Crippen LogP contribution is 2.27. The third-order valence-corrected chi connectivity index (χ3v) is 4.95. The van der Waals surface area contributed by atoms with Crippen molar-refractivity contribution in [2.45, 2.75) is 6.92 Å². The summed E-state index contributed by atoms with van der Waals surface area (Å²) in [5.41, 5.74) is 3.57. The zero-order valence-corrected chi connectivity index (χ0v) is 17.2. The molecule has 1 heterocycles. The van der Waals surface area contributed by atoms with Crippen LogP contribution in [-0.2, 0) is 0 Å². The number of hydrogen-bond acceptors (Lipinski definition) is 3. The molecular weight excluding hydrogens is 423 g/mol. The number of fused-ring (bicyclic) bond motifs is 1. The molecule has 0 aliphatic heterocycles. The largest absolute Gasteiger partial charge is 0.478 e. The van der Waals surface area contributed by atoms with Crippen LogP contribution in [-0.4, -0.2) is 21.0 Å². The van der Waals surface area contributed by atoms with E-state index in [0.29, 0.717) is 38.0 Å². The van der Waals surface area contributed by atoms with Gasteiger partial charge in [-0.15, -0.1) is 0 Å². The van der Waals surface area contributed by atoms with Gasteiger partial charge < -0.3 is 14.8 Å². The number of aromatic amines is 1. The fraction of sp³-hybridized carbons (Fsp3) is 0.0435. The average molecular weight is 437 g/mol. The third-order valence-electron chi connectivity index (χ3n) is 4.39. The number of hydrogen-bond donors (Lipinski definition) is 2. The third kappa shape index (κ3) is 4.25. The molecule has 0 radical (unpaired) electrons. The summed E-state index contributed by atoms with van der Waals surface area (Å²) in [4.78, 5) is 18.7. The molecule has 5 nitrogen and oxygen atoms in total. The first-order chi connectivity index (χ1) is 14.4. The number of rotatable bonds is 3. The van der Waals surface area contributed by atoms with E-state index in [1.807, 2.05) is 12.1 Å². The molecule has 4 rings (SSSR count). The van der Waals surface area contributed by atoms with Crippen LogP contribution in [0.1, 0.15) is 27.0 Å². The summed E-state index contributed by atoms with van der Waals surface area (Å²) in [7, 11) is 0. The standard InChI is InChI=1S/C23H14Cl2N2O3/c1-13-2-9-17(11-18(13)22(28)29)30-23-26-20-10-15(19(25)12-21(20)27-23)6-3-14-4-7-16(24)8-5-14/h2,4-5,7-12H,1H3,(H,26,27)(H,28,29). The monoisotopic (exact) mass is 436 g/mol. The summed E-state index contributed by atoms with van der Waals surface area (Å²) in [6, 6.07) is 15.7. The van der Waals surface area contributed by atoms with Crippen molar-refractivity contribution in [1.29, 1.82) is 0 Å². The minimum Gasteiger partial charge on any atom is -0.478 e. The normalized spacial score (nSPS) is 10.5. The molecule has 148 valence electrons. The zero-order chi connectivity index (χ0) is 21.3. The maximum atomic E-state index is 11.3. The van der Waals surface area contributed by atoms with Crippen molar-refractivity contribution >= 4 is 40.2 Å². The van der Waals surface area contributed by atoms with Crippen LogP contribution in [0.15, 0.2) is 54.6 Å². The first-order valence-electron chi connectivity index (χ1n) is 8.88. The number of halogens is 2. The van der Waals surface area contributed by atoms with Gasteiger partial charge in [-0.2, -0.15) is 4.98 Å². The van der Waals surface area contributed by atoms with Crippen molar-refractivity contribution in [3.05, 3.63) is 86.9 Å². The number of imidazole rings is 1. The van der Waals surface area contributed by atoms with Gasteiger partial charge >= 0.3 is 5.97 Å². The molecule has 1 aromatic heterocycles. The van der Waals surface area contributed by atoms with E-state index in [-0.39, 0.29) is 11.6 Å². The molecule has 2 N–H and O–H groups in total. The van der Waals surface area contributed by atoms with Gasteiger partial charge in [-0.25, -0.2) is 4.79 Å². The number of aryl methyl sites for hydroxylation is 1. The lowest BCUT2D eigenvalue weighted by Gasteiger charge is -2.05. The van der Waals surface area contributed by atoms with Gasteiger partial charge in [0.15, 0.2) is 0 Å². The van der Waals surface area contributed by atoms with Crippen molar-refractivity contribution in [1.82, 2.24) is 9.97 Å². The Kier molecular flexibility index (Phi) is 5.37. The van der Waals surface area contributed by atoms with E-state index >= 15 is 0 Å². The van der Waals surface area contributed by atoms with Crippen molar-refractivity contribution in [2.75, 3.05) is 0 Å². The number of carboxylic acid groups (broad SMARTS) is 1. The average Bonchev–Trinajstić information content (AvgIpc) is 3.09. The van der Waals surface area contributed by atoms with Gasteiger partial charge in [0.05, 0.1) is 21.6 Å². The number of aromatic carboxylic acids is 1. The molecule has 0 saturated heterocycles. The van der Waals surface area contributed by atoms with Gasteiger partial charge in [-0.05, 0) is 61.0 Å². The molecular formula is C23H14Cl2N2O3. The molecule has 0 bridgehead atoms. The van der Waals surface area contributed by atoms with E-state index < -0.39 is 5.97 Å². The minimum absolute atomic E-state index is 0.173. The van der Waals surface area contributed by atoms with Crippen molar-refractivity contribution in [2.24, 2.45) is 0 Å². The quantitative estimate of drug-likeness (QED) is 0.382. The second-order valence-corrected chi connectivity index (χ2v) is 7.38. The fourth-order valence-corrected chi connectivity index (χ4v) is 3.17. The van der Waals surface area contributed by atoms with Crippen molar-refractivity contribution in [3.63, 3.8) is 0 Å². The van der Waals surface area contributed by atoms with E-state index in [2.05, 4.69) is 21.8 Å². The lowest BCUT2D eigenvalue weighted by molar-refractivity contribution is 0.0695. The van der Waals surface area contributed by atoms with Gasteiger partial charge in [0.2, 0.25) is 0 Å². The summed E-state index contributed by atoms with van der Waals surface area (Å²) in [6.45, 7) is 1.73. The van der Waals surface area contributed by atoms with Crippen molar-refractivity contribution in [3.8, 4) is 23.6 Å². The smallest absolute Gasteiger partial charge is 0.336 e. The maximum absolute atomic E-state index is 11.3. The molecule has 0 fully saturated rings. The van der Waals surface area contributed by atoms with E-state index in [1.165, 1.54) is 6.07 Å². The summed E-state index contributed by atoms with van der Waals surface area (Å²) in [5, 5.41) is 10.4.